The van der Waals surface area contributed by atoms with Crippen LogP contribution in [0.5, 0.6) is 0 Å². The van der Waals surface area contributed by atoms with Gasteiger partial charge in [0.05, 0.1) is 0 Å². The second-order valence-electron chi connectivity index (χ2n) is 4.41. The highest BCUT2D eigenvalue weighted by atomic mass is 16.1. The lowest BCUT2D eigenvalue weighted by molar-refractivity contribution is 0.0953. The highest BCUT2D eigenvalue weighted by Gasteiger charge is 2.04. The minimum Gasteiger partial charge on any atom is -0.352 e. The van der Waals surface area contributed by atoms with Gasteiger partial charge in [0.15, 0.2) is 0 Å². The minimum absolute atomic E-state index is 0.00652. The lowest BCUT2D eigenvalue weighted by atomic mass is 10.0. The lowest BCUT2D eigenvalue weighted by Gasteiger charge is -2.05. The first-order valence-electron chi connectivity index (χ1n) is 6.57. The summed E-state index contributed by atoms with van der Waals surface area (Å²) in [5.74, 6) is -0.00652. The van der Waals surface area contributed by atoms with Gasteiger partial charge < -0.3 is 5.32 Å². The van der Waals surface area contributed by atoms with Crippen molar-refractivity contribution in [2.24, 2.45) is 0 Å². The molecule has 0 bridgehead atoms. The minimum atomic E-state index is -0.00652. The Morgan fingerprint density at radius 3 is 2.53 bits per heavy atom. The third kappa shape index (κ3) is 3.59. The number of hydrogen-bond donors (Lipinski definition) is 1. The van der Waals surface area contributed by atoms with Crippen LogP contribution in [0.15, 0.2) is 42.5 Å². The maximum Gasteiger partial charge on any atom is 0.251 e. The molecule has 0 atom stereocenters. The molecular formula is C17H17NO. The van der Waals surface area contributed by atoms with E-state index in [0.29, 0.717) is 5.56 Å². The van der Waals surface area contributed by atoms with Crippen LogP contribution in [0.1, 0.15) is 30.1 Å². The van der Waals surface area contributed by atoms with Gasteiger partial charge in [-0.05, 0) is 47.9 Å². The molecule has 2 aromatic carbocycles. The fraction of sp³-hybridized carbons (Fsp3) is 0.235. The monoisotopic (exact) mass is 251 g/mol. The summed E-state index contributed by atoms with van der Waals surface area (Å²) in [5.41, 5.74) is 2.86. The molecule has 0 aromatic heterocycles. The molecule has 0 heterocycles. The van der Waals surface area contributed by atoms with E-state index in [0.717, 1.165) is 30.5 Å². The summed E-state index contributed by atoms with van der Waals surface area (Å²) < 4.78 is 0. The molecule has 2 aromatic rings. The van der Waals surface area contributed by atoms with Gasteiger partial charge in [-0.1, -0.05) is 37.6 Å². The number of carbonyl (C=O) groups is 1. The lowest BCUT2D eigenvalue weighted by Crippen LogP contribution is -2.24. The van der Waals surface area contributed by atoms with E-state index in [1.807, 2.05) is 42.5 Å². The van der Waals surface area contributed by atoms with Crippen molar-refractivity contribution in [3.63, 3.8) is 0 Å². The van der Waals surface area contributed by atoms with Crippen LogP contribution in [-0.4, -0.2) is 12.5 Å². The molecule has 1 amide bonds. The highest BCUT2D eigenvalue weighted by Crippen LogP contribution is 2.18. The van der Waals surface area contributed by atoms with Crippen LogP contribution in [0.3, 0.4) is 0 Å². The molecule has 0 saturated heterocycles. The third-order valence-electron chi connectivity index (χ3n) is 2.95. The van der Waals surface area contributed by atoms with Gasteiger partial charge in [0.1, 0.15) is 0 Å². The van der Waals surface area contributed by atoms with E-state index in [9.17, 15) is 4.79 Å². The average molecular weight is 251 g/mol. The van der Waals surface area contributed by atoms with E-state index in [4.69, 9.17) is 0 Å². The number of benzene rings is 1. The van der Waals surface area contributed by atoms with E-state index >= 15 is 0 Å². The summed E-state index contributed by atoms with van der Waals surface area (Å²) in [7, 11) is 0. The second-order valence-corrected chi connectivity index (χ2v) is 4.41. The van der Waals surface area contributed by atoms with E-state index < -0.39 is 0 Å². The van der Waals surface area contributed by atoms with Crippen molar-refractivity contribution in [1.29, 1.82) is 0 Å². The summed E-state index contributed by atoms with van der Waals surface area (Å²) in [4.78, 5) is 11.8. The molecule has 1 N–H and O–H groups in total. The number of hydrogen-bond acceptors (Lipinski definition) is 1. The molecular weight excluding hydrogens is 234 g/mol. The van der Waals surface area contributed by atoms with Crippen LogP contribution in [0.25, 0.3) is 11.1 Å². The van der Waals surface area contributed by atoms with Crippen molar-refractivity contribution in [2.45, 2.75) is 19.8 Å². The zero-order chi connectivity index (χ0) is 13.5. The number of unbranched alkanes of at least 4 members (excludes halogenated alkanes) is 1. The molecule has 0 spiro atoms. The van der Waals surface area contributed by atoms with Crippen molar-refractivity contribution in [2.75, 3.05) is 6.54 Å². The maximum absolute atomic E-state index is 11.8. The molecule has 0 radical (unpaired) electrons. The van der Waals surface area contributed by atoms with Gasteiger partial charge in [-0.2, -0.15) is 0 Å². The van der Waals surface area contributed by atoms with Crippen LogP contribution < -0.4 is 5.32 Å². The van der Waals surface area contributed by atoms with E-state index in [1.165, 1.54) is 0 Å². The number of nitrogens with one attached hydrogen (secondary N) is 1. The Hall–Kier alpha value is -2.27. The molecule has 0 unspecified atom stereocenters. The van der Waals surface area contributed by atoms with Gasteiger partial charge in [0, 0.05) is 12.1 Å². The Balaban J connectivity index is 2.04. The SMILES string of the molecule is CCCCNC(=O)c1ccc(-c2cc#ccc2)cc1. The van der Waals surface area contributed by atoms with Crippen molar-refractivity contribution in [3.05, 3.63) is 60.2 Å². The first-order valence-corrected chi connectivity index (χ1v) is 6.57. The van der Waals surface area contributed by atoms with E-state index in [-0.39, 0.29) is 5.91 Å². The molecule has 0 aliphatic heterocycles. The summed E-state index contributed by atoms with van der Waals surface area (Å²) in [6.45, 7) is 2.84. The molecule has 2 rings (SSSR count). The van der Waals surface area contributed by atoms with E-state index in [2.05, 4.69) is 24.4 Å². The zero-order valence-electron chi connectivity index (χ0n) is 11.1. The molecule has 0 aliphatic carbocycles. The van der Waals surface area contributed by atoms with Crippen molar-refractivity contribution < 1.29 is 4.79 Å². The van der Waals surface area contributed by atoms with Crippen molar-refractivity contribution in [3.8, 4) is 11.1 Å². The van der Waals surface area contributed by atoms with Crippen molar-refractivity contribution in [1.82, 2.24) is 5.32 Å². The Kier molecular flexibility index (Phi) is 4.58. The predicted octanol–water partition coefficient (Wildman–Crippen LogP) is 3.48. The average Bonchev–Trinajstić information content (AvgIpc) is 2.48. The number of carbonyl (C=O) groups excluding carboxylic acids is 1. The quantitative estimate of drug-likeness (QED) is 0.810. The summed E-state index contributed by atoms with van der Waals surface area (Å²) >= 11 is 0. The molecule has 2 nitrogen and oxygen atoms in total. The van der Waals surface area contributed by atoms with E-state index in [1.54, 1.807) is 0 Å². The van der Waals surface area contributed by atoms with Crippen LogP contribution >= 0.6 is 0 Å². The van der Waals surface area contributed by atoms with Crippen LogP contribution in [0.2, 0.25) is 0 Å². The molecule has 0 fully saturated rings. The Labute approximate surface area is 114 Å². The standard InChI is InChI=1S/C17H17NO/c1-2-3-13-18-17(19)16-11-9-15(10-12-16)14-7-5-4-6-8-14/h5,7-12H,2-3,13H2,1H3,(H,18,19). The van der Waals surface area contributed by atoms with Crippen LogP contribution in [0, 0.1) is 12.1 Å². The smallest absolute Gasteiger partial charge is 0.251 e. The van der Waals surface area contributed by atoms with Gasteiger partial charge in [0.2, 0.25) is 0 Å². The normalized spacial score (nSPS) is 9.74. The molecule has 0 aliphatic rings. The van der Waals surface area contributed by atoms with Crippen LogP contribution in [-0.2, 0) is 0 Å². The summed E-state index contributed by atoms with van der Waals surface area (Å²) in [6.07, 6.45) is 2.10. The van der Waals surface area contributed by atoms with Gasteiger partial charge >= 0.3 is 0 Å². The first kappa shape index (κ1) is 13.2. The fourth-order valence-corrected chi connectivity index (χ4v) is 1.82. The number of amides is 1. The third-order valence-corrected chi connectivity index (χ3v) is 2.95. The van der Waals surface area contributed by atoms with Crippen molar-refractivity contribution >= 4 is 5.91 Å². The largest absolute Gasteiger partial charge is 0.352 e. The van der Waals surface area contributed by atoms with Gasteiger partial charge in [-0.25, -0.2) is 0 Å². The summed E-state index contributed by atoms with van der Waals surface area (Å²) in [5, 5.41) is 2.91. The molecule has 96 valence electrons. The molecule has 0 saturated carbocycles. The second kappa shape index (κ2) is 6.61. The topological polar surface area (TPSA) is 29.1 Å². The van der Waals surface area contributed by atoms with Crippen LogP contribution in [0.4, 0.5) is 0 Å². The van der Waals surface area contributed by atoms with Gasteiger partial charge in [0.25, 0.3) is 5.91 Å². The molecule has 19 heavy (non-hydrogen) atoms. The first-order chi connectivity index (χ1) is 9.31. The zero-order valence-corrected chi connectivity index (χ0v) is 11.1. The molecule has 2 heteroatoms. The fourth-order valence-electron chi connectivity index (χ4n) is 1.82. The van der Waals surface area contributed by atoms with Gasteiger partial charge in [-0.3, -0.25) is 4.79 Å². The highest BCUT2D eigenvalue weighted by molar-refractivity contribution is 5.94. The summed E-state index contributed by atoms with van der Waals surface area (Å²) in [6, 6.07) is 19.1. The Morgan fingerprint density at radius 2 is 1.89 bits per heavy atom. The Bertz CT molecular complexity index is 517. The van der Waals surface area contributed by atoms with Gasteiger partial charge in [-0.15, -0.1) is 0 Å². The maximum atomic E-state index is 11.8. The number of rotatable bonds is 5. The Morgan fingerprint density at radius 1 is 1.11 bits per heavy atom. The predicted molar refractivity (Wildman–Crippen MR) is 76.8 cm³/mol.